The Balaban J connectivity index is 1.19. The number of carbonyl (C=O) groups is 3. The van der Waals surface area contributed by atoms with Gasteiger partial charge in [0.2, 0.25) is 0 Å². The molecular weight excluding hydrogens is 612 g/mol. The first kappa shape index (κ1) is 29.8. The Labute approximate surface area is 275 Å². The molecule has 0 aliphatic carbocycles. The van der Waals surface area contributed by atoms with Crippen molar-refractivity contribution in [2.24, 2.45) is 0 Å². The third-order valence-electron chi connectivity index (χ3n) is 8.03. The van der Waals surface area contributed by atoms with Crippen LogP contribution >= 0.6 is 11.6 Å². The number of ether oxygens (including phenoxy) is 2. The molecule has 8 heteroatoms. The standard InChI is InChI=1S/C39H27ClN2O5/c40-35-15-6-3-10-28(35)24-46-30-19-17-29(18-20-30)42-38(44)34(37(43)41-39(42)45)22-33-32-14-5-2-9-26(32)16-21-36(33)47-23-27-12-7-11-25-8-1-4-13-31(25)27/h1-22H,23-24H2,(H,41,43,45)/b34-22+. The second-order valence-electron chi connectivity index (χ2n) is 11.0. The van der Waals surface area contributed by atoms with Crippen molar-refractivity contribution in [3.05, 3.63) is 155 Å². The van der Waals surface area contributed by atoms with Crippen LogP contribution in [0.25, 0.3) is 27.6 Å². The first-order valence-corrected chi connectivity index (χ1v) is 15.3. The molecule has 1 aliphatic heterocycles. The van der Waals surface area contributed by atoms with Crippen LogP contribution in [-0.4, -0.2) is 17.8 Å². The fourth-order valence-electron chi connectivity index (χ4n) is 5.63. The second kappa shape index (κ2) is 12.8. The number of hydrogen-bond acceptors (Lipinski definition) is 5. The summed E-state index contributed by atoms with van der Waals surface area (Å²) in [6, 6.07) is 38.5. The fraction of sp³-hybridized carbons (Fsp3) is 0.0513. The molecular formula is C39H27ClN2O5. The molecule has 230 valence electrons. The Hall–Kier alpha value is -5.92. The number of carbonyl (C=O) groups excluding carboxylic acids is 3. The highest BCUT2D eigenvalue weighted by Crippen LogP contribution is 2.33. The van der Waals surface area contributed by atoms with E-state index in [1.807, 2.05) is 97.1 Å². The van der Waals surface area contributed by atoms with Crippen LogP contribution in [0.4, 0.5) is 10.5 Å². The van der Waals surface area contributed by atoms with Gasteiger partial charge in [-0.25, -0.2) is 9.69 Å². The van der Waals surface area contributed by atoms with Gasteiger partial charge in [0, 0.05) is 16.1 Å². The van der Waals surface area contributed by atoms with E-state index in [-0.39, 0.29) is 24.5 Å². The summed E-state index contributed by atoms with van der Waals surface area (Å²) in [5.74, 6) is -0.525. The van der Waals surface area contributed by atoms with Crippen molar-refractivity contribution in [1.82, 2.24) is 5.32 Å². The van der Waals surface area contributed by atoms with Gasteiger partial charge in [0.25, 0.3) is 11.8 Å². The minimum atomic E-state index is -0.841. The third-order valence-corrected chi connectivity index (χ3v) is 8.40. The number of anilines is 1. The zero-order valence-corrected chi connectivity index (χ0v) is 25.7. The summed E-state index contributed by atoms with van der Waals surface area (Å²) < 4.78 is 12.2. The van der Waals surface area contributed by atoms with E-state index in [1.54, 1.807) is 30.3 Å². The van der Waals surface area contributed by atoms with Crippen molar-refractivity contribution in [1.29, 1.82) is 0 Å². The average molecular weight is 639 g/mol. The highest BCUT2D eigenvalue weighted by Gasteiger charge is 2.37. The lowest BCUT2D eigenvalue weighted by Crippen LogP contribution is -2.54. The van der Waals surface area contributed by atoms with Crippen LogP contribution in [0.2, 0.25) is 5.02 Å². The number of nitrogens with zero attached hydrogens (tertiary/aromatic N) is 1. The quantitative estimate of drug-likeness (QED) is 0.134. The normalized spacial score (nSPS) is 14.1. The second-order valence-corrected chi connectivity index (χ2v) is 11.4. The molecule has 0 radical (unpaired) electrons. The monoisotopic (exact) mass is 638 g/mol. The molecule has 0 atom stereocenters. The van der Waals surface area contributed by atoms with E-state index < -0.39 is 17.8 Å². The molecule has 47 heavy (non-hydrogen) atoms. The van der Waals surface area contributed by atoms with Gasteiger partial charge < -0.3 is 9.47 Å². The number of barbiturate groups is 1. The lowest BCUT2D eigenvalue weighted by atomic mass is 9.99. The van der Waals surface area contributed by atoms with Crippen LogP contribution in [-0.2, 0) is 22.8 Å². The van der Waals surface area contributed by atoms with Gasteiger partial charge >= 0.3 is 6.03 Å². The van der Waals surface area contributed by atoms with Crippen LogP contribution in [0.15, 0.2) is 133 Å². The summed E-state index contributed by atoms with van der Waals surface area (Å²) in [5.41, 5.74) is 2.46. The van der Waals surface area contributed by atoms with Gasteiger partial charge in [0.15, 0.2) is 0 Å². The van der Waals surface area contributed by atoms with Crippen molar-refractivity contribution in [2.75, 3.05) is 4.90 Å². The largest absolute Gasteiger partial charge is 0.489 e. The molecule has 6 aromatic carbocycles. The van der Waals surface area contributed by atoms with E-state index in [4.69, 9.17) is 21.1 Å². The molecule has 1 fully saturated rings. The summed E-state index contributed by atoms with van der Waals surface area (Å²) >= 11 is 6.23. The van der Waals surface area contributed by atoms with Crippen LogP contribution in [0.1, 0.15) is 16.7 Å². The van der Waals surface area contributed by atoms with Crippen LogP contribution in [0, 0.1) is 0 Å². The minimum Gasteiger partial charge on any atom is -0.489 e. The lowest BCUT2D eigenvalue weighted by Gasteiger charge is -2.26. The number of fused-ring (bicyclic) bond motifs is 2. The van der Waals surface area contributed by atoms with Gasteiger partial charge in [-0.15, -0.1) is 0 Å². The number of nitrogens with one attached hydrogen (secondary N) is 1. The Morgan fingerprint density at radius 1 is 0.638 bits per heavy atom. The Kier molecular flexibility index (Phi) is 8.13. The van der Waals surface area contributed by atoms with E-state index in [0.717, 1.165) is 37.6 Å². The number of urea groups is 1. The first-order valence-electron chi connectivity index (χ1n) is 15.0. The van der Waals surface area contributed by atoms with E-state index in [9.17, 15) is 14.4 Å². The summed E-state index contributed by atoms with van der Waals surface area (Å²) in [7, 11) is 0. The van der Waals surface area contributed by atoms with E-state index in [1.165, 1.54) is 6.08 Å². The number of imide groups is 2. The molecule has 1 saturated heterocycles. The molecule has 0 unspecified atom stereocenters. The smallest absolute Gasteiger partial charge is 0.335 e. The lowest BCUT2D eigenvalue weighted by molar-refractivity contribution is -0.122. The maximum Gasteiger partial charge on any atom is 0.335 e. The van der Waals surface area contributed by atoms with Crippen molar-refractivity contribution in [3.63, 3.8) is 0 Å². The van der Waals surface area contributed by atoms with Gasteiger partial charge in [0.05, 0.1) is 5.69 Å². The van der Waals surface area contributed by atoms with Gasteiger partial charge in [-0.3, -0.25) is 14.9 Å². The molecule has 0 spiro atoms. The molecule has 7 rings (SSSR count). The predicted molar refractivity (Wildman–Crippen MR) is 183 cm³/mol. The average Bonchev–Trinajstić information content (AvgIpc) is 3.09. The maximum atomic E-state index is 13.8. The Morgan fingerprint density at radius 3 is 2.06 bits per heavy atom. The van der Waals surface area contributed by atoms with Crippen LogP contribution in [0.3, 0.4) is 0 Å². The third kappa shape index (κ3) is 6.04. The summed E-state index contributed by atoms with van der Waals surface area (Å²) in [5, 5.41) is 6.78. The Morgan fingerprint density at radius 2 is 1.28 bits per heavy atom. The minimum absolute atomic E-state index is 0.199. The molecule has 1 heterocycles. The van der Waals surface area contributed by atoms with Crippen molar-refractivity contribution < 1.29 is 23.9 Å². The van der Waals surface area contributed by atoms with Gasteiger partial charge in [-0.05, 0) is 69.6 Å². The summed E-state index contributed by atoms with van der Waals surface area (Å²) in [4.78, 5) is 40.9. The van der Waals surface area contributed by atoms with E-state index in [2.05, 4.69) is 5.32 Å². The molecule has 0 saturated carbocycles. The van der Waals surface area contributed by atoms with Crippen LogP contribution in [0.5, 0.6) is 11.5 Å². The van der Waals surface area contributed by atoms with Gasteiger partial charge in [-0.1, -0.05) is 103 Å². The predicted octanol–water partition coefficient (Wildman–Crippen LogP) is 8.47. The van der Waals surface area contributed by atoms with Crippen LogP contribution < -0.4 is 19.7 Å². The van der Waals surface area contributed by atoms with Crippen molar-refractivity contribution in [3.8, 4) is 11.5 Å². The number of amides is 4. The van der Waals surface area contributed by atoms with Crippen molar-refractivity contribution >= 4 is 62.8 Å². The maximum absolute atomic E-state index is 13.8. The number of benzene rings is 6. The van der Waals surface area contributed by atoms with E-state index in [0.29, 0.717) is 22.1 Å². The van der Waals surface area contributed by atoms with E-state index >= 15 is 0 Å². The SMILES string of the molecule is O=C1NC(=O)N(c2ccc(OCc3ccccc3Cl)cc2)C(=O)/C1=C/c1c(OCc2cccc3ccccc23)ccc2ccccc12. The highest BCUT2D eigenvalue weighted by atomic mass is 35.5. The molecule has 1 aliphatic rings. The number of halogens is 1. The molecule has 4 amide bonds. The zero-order chi connectivity index (χ0) is 32.3. The van der Waals surface area contributed by atoms with Gasteiger partial charge in [0.1, 0.15) is 30.3 Å². The Bertz CT molecular complexity index is 2200. The summed E-state index contributed by atoms with van der Waals surface area (Å²) in [6.45, 7) is 0.519. The number of rotatable bonds is 8. The molecule has 0 bridgehead atoms. The molecule has 1 N–H and O–H groups in total. The molecule has 7 nitrogen and oxygen atoms in total. The van der Waals surface area contributed by atoms with Crippen molar-refractivity contribution in [2.45, 2.75) is 13.2 Å². The molecule has 6 aromatic rings. The zero-order valence-electron chi connectivity index (χ0n) is 25.0. The summed E-state index contributed by atoms with van der Waals surface area (Å²) in [6.07, 6.45) is 1.50. The molecule has 0 aromatic heterocycles. The first-order chi connectivity index (χ1) is 23.0. The highest BCUT2D eigenvalue weighted by molar-refractivity contribution is 6.39. The van der Waals surface area contributed by atoms with Gasteiger partial charge in [-0.2, -0.15) is 0 Å². The fourth-order valence-corrected chi connectivity index (χ4v) is 5.82. The topological polar surface area (TPSA) is 84.9 Å². The number of hydrogen-bond donors (Lipinski definition) is 1.